The third-order valence-electron chi connectivity index (χ3n) is 0.463. The molecule has 0 radical (unpaired) electrons. The van der Waals surface area contributed by atoms with Crippen molar-refractivity contribution < 1.29 is 0 Å². The molecule has 0 N–H and O–H groups in total. The van der Waals surface area contributed by atoms with E-state index in [2.05, 4.69) is 59.0 Å². The second-order valence-corrected chi connectivity index (χ2v) is 32.4. The first-order valence-electron chi connectivity index (χ1n) is 2.53. The molecule has 0 amide bonds. The van der Waals surface area contributed by atoms with Crippen molar-refractivity contribution >= 4 is 89.0 Å². The van der Waals surface area contributed by atoms with Crippen molar-refractivity contribution in [2.24, 2.45) is 0 Å². The van der Waals surface area contributed by atoms with Crippen LogP contribution in [0.3, 0.4) is 0 Å². The fourth-order valence-corrected chi connectivity index (χ4v) is 0. The van der Waals surface area contributed by atoms with E-state index in [9.17, 15) is 0 Å². The summed E-state index contributed by atoms with van der Waals surface area (Å²) in [4.78, 5) is 0. The Kier molecular flexibility index (Phi) is 10.4. The van der Waals surface area contributed by atoms with Crippen molar-refractivity contribution in [3.63, 3.8) is 0 Å². The Labute approximate surface area is 112 Å². The number of rotatable bonds is 2. The average molecular weight is 456 g/mol. The minimum absolute atomic E-state index is 1.37. The van der Waals surface area contributed by atoms with Gasteiger partial charge in [-0.15, -0.1) is 46.4 Å². The Morgan fingerprint density at radius 2 is 1.08 bits per heavy atom. The first-order chi connectivity index (χ1) is 5.12. The molecule has 0 unspecified atom stereocenters. The van der Waals surface area contributed by atoms with Gasteiger partial charge in [-0.1, -0.05) is 57.3 Å². The fourth-order valence-electron chi connectivity index (χ4n) is 0. The number of hydrogen-bond donors (Lipinski definition) is 0. The molecule has 0 heterocycles. The molecule has 0 aliphatic rings. The predicted molar refractivity (Wildman–Crippen MR) is 76.2 cm³/mol. The monoisotopic (exact) mass is 452 g/mol. The second-order valence-electron chi connectivity index (χ2n) is 1.49. The van der Waals surface area contributed by atoms with E-state index in [1.807, 2.05) is 5.70 Å². The molecule has 0 aromatic carbocycles. The smallest absolute Gasteiger partial charge is 0.121 e. The van der Waals surface area contributed by atoms with Crippen LogP contribution >= 0.6 is 79.1 Å². The quantitative estimate of drug-likeness (QED) is 0.396. The molecule has 0 aliphatic carbocycles. The maximum absolute atomic E-state index is 5.27. The van der Waals surface area contributed by atoms with Gasteiger partial charge in [0.2, 0.25) is 0 Å². The van der Waals surface area contributed by atoms with Crippen molar-refractivity contribution in [3.05, 3.63) is 24.6 Å². The van der Waals surface area contributed by atoms with Crippen molar-refractivity contribution in [2.75, 3.05) is 0 Å². The van der Waals surface area contributed by atoms with Gasteiger partial charge in [-0.25, -0.2) is 0 Å². The summed E-state index contributed by atoms with van der Waals surface area (Å²) in [5.41, 5.74) is 3.20. The summed E-state index contributed by atoms with van der Waals surface area (Å²) >= 11 is 25.8. The van der Waals surface area contributed by atoms with Crippen LogP contribution in [0.25, 0.3) is 0 Å². The first-order valence-corrected chi connectivity index (χ1v) is 16.5. The Balaban J connectivity index is 0. The lowest BCUT2D eigenvalue weighted by atomic mass is 11.3. The van der Waals surface area contributed by atoms with Crippen molar-refractivity contribution in [1.29, 1.82) is 0 Å². The van der Waals surface area contributed by atoms with Crippen LogP contribution in [-0.4, -0.2) is 9.93 Å². The van der Waals surface area contributed by atoms with Gasteiger partial charge in [-0.05, 0) is 0 Å². The van der Waals surface area contributed by atoms with Gasteiger partial charge in [0.1, 0.15) is 0 Å². The van der Waals surface area contributed by atoms with Crippen molar-refractivity contribution in [1.82, 2.24) is 0 Å². The van der Waals surface area contributed by atoms with E-state index in [-0.39, 0.29) is 0 Å². The Morgan fingerprint density at radius 1 is 0.917 bits per heavy atom. The summed E-state index contributed by atoms with van der Waals surface area (Å²) in [6, 6.07) is -2.45. The molecule has 0 atom stereocenters. The van der Waals surface area contributed by atoms with Crippen molar-refractivity contribution in [2.45, 2.75) is 0 Å². The van der Waals surface area contributed by atoms with Gasteiger partial charge >= 0.3 is 6.00 Å². The maximum Gasteiger partial charge on any atom is 0.365 e. The molecule has 0 aliphatic heterocycles. The Hall–Kier alpha value is 2.22. The first kappa shape index (κ1) is 16.6. The lowest BCUT2D eigenvalue weighted by molar-refractivity contribution is 2.56. The summed E-state index contributed by atoms with van der Waals surface area (Å²) in [6.45, 7) is 6.85. The summed E-state index contributed by atoms with van der Waals surface area (Å²) in [5.74, 6) is 0. The van der Waals surface area contributed by atoms with E-state index in [0.717, 1.165) is 0 Å². The van der Waals surface area contributed by atoms with Crippen LogP contribution in [0.1, 0.15) is 0 Å². The van der Waals surface area contributed by atoms with Crippen LogP contribution < -0.4 is 0 Å². The van der Waals surface area contributed by atoms with Gasteiger partial charge < -0.3 is 0 Å². The van der Waals surface area contributed by atoms with E-state index >= 15 is 0 Å². The molecule has 72 valence electrons. The standard InChI is InChI=1S/C2H3Br3Si.C2H3Cl3Si/c2*1-2-6(3,4)5/h2*2H,1H2. The Bertz CT molecular complexity index is 133. The molecule has 0 aromatic rings. The highest BCUT2D eigenvalue weighted by Crippen LogP contribution is 2.27. The maximum atomic E-state index is 5.27. The van der Waals surface area contributed by atoms with E-state index in [0.29, 0.717) is 0 Å². The summed E-state index contributed by atoms with van der Waals surface area (Å²) in [6.07, 6.45) is 0. The van der Waals surface area contributed by atoms with Gasteiger partial charge in [-0.3, -0.25) is 0 Å². The minimum atomic E-state index is -2.45. The summed E-state index contributed by atoms with van der Waals surface area (Å²) in [5, 5.41) is 0. The molecule has 0 nitrogen and oxygen atoms in total. The molecular formula is C4H6Br3Cl3Si2. The Morgan fingerprint density at radius 3 is 1.08 bits per heavy atom. The molecule has 12 heavy (non-hydrogen) atoms. The normalized spacial score (nSPS) is 11.2. The van der Waals surface area contributed by atoms with Crippen LogP contribution in [0.5, 0.6) is 0 Å². The number of halogens is 6. The highest BCUT2D eigenvalue weighted by molar-refractivity contribution is 9.72. The molecule has 0 aromatic heterocycles. The molecule has 0 saturated heterocycles. The van der Waals surface area contributed by atoms with E-state index in [4.69, 9.17) is 33.2 Å². The zero-order valence-corrected chi connectivity index (χ0v) is 14.9. The highest BCUT2D eigenvalue weighted by Gasteiger charge is 2.17. The van der Waals surface area contributed by atoms with Gasteiger partial charge in [0.15, 0.2) is 0 Å². The van der Waals surface area contributed by atoms with Crippen molar-refractivity contribution in [3.8, 4) is 0 Å². The third kappa shape index (κ3) is 22.8. The zero-order chi connectivity index (χ0) is 10.4. The van der Waals surface area contributed by atoms with Crippen LogP contribution in [0.4, 0.5) is 0 Å². The van der Waals surface area contributed by atoms with Crippen LogP contribution in [0, 0.1) is 0 Å². The lowest BCUT2D eigenvalue weighted by Gasteiger charge is -1.95. The molecule has 0 rings (SSSR count). The van der Waals surface area contributed by atoms with Gasteiger partial charge in [0, 0.05) is 0 Å². The van der Waals surface area contributed by atoms with Crippen LogP contribution in [0.2, 0.25) is 0 Å². The lowest BCUT2D eigenvalue weighted by Crippen LogP contribution is -2.01. The molecular weight excluding hydrogens is 450 g/mol. The zero-order valence-electron chi connectivity index (χ0n) is 5.84. The summed E-state index contributed by atoms with van der Waals surface area (Å²) < 4.78 is -1.43. The largest absolute Gasteiger partial charge is 0.365 e. The van der Waals surface area contributed by atoms with E-state index in [1.54, 1.807) is 0 Å². The van der Waals surface area contributed by atoms with Gasteiger partial charge in [0.25, 0.3) is 3.93 Å². The topological polar surface area (TPSA) is 0 Å². The molecule has 0 fully saturated rings. The minimum Gasteiger partial charge on any atom is -0.121 e. The number of hydrogen-bond acceptors (Lipinski definition) is 0. The highest BCUT2D eigenvalue weighted by atomic mass is 80.0. The van der Waals surface area contributed by atoms with Crippen LogP contribution in [0.15, 0.2) is 24.6 Å². The third-order valence-corrected chi connectivity index (χ3v) is 5.69. The molecule has 0 bridgehead atoms. The SMILES string of the molecule is C=C[Si](Br)(Br)Br.C=C[Si](Cl)(Cl)Cl. The molecule has 0 saturated carbocycles. The van der Waals surface area contributed by atoms with E-state index in [1.165, 1.54) is 5.70 Å². The summed E-state index contributed by atoms with van der Waals surface area (Å²) in [7, 11) is 0. The molecule has 0 spiro atoms. The fraction of sp³-hybridized carbons (Fsp3) is 0. The van der Waals surface area contributed by atoms with Crippen LogP contribution in [-0.2, 0) is 0 Å². The predicted octanol–water partition coefficient (Wildman–Crippen LogP) is 5.20. The molecule has 8 heteroatoms. The average Bonchev–Trinajstić information content (AvgIpc) is 1.86. The van der Waals surface area contributed by atoms with Gasteiger partial charge in [-0.2, -0.15) is 0 Å². The second kappa shape index (κ2) is 7.51. The van der Waals surface area contributed by atoms with Gasteiger partial charge in [0.05, 0.1) is 0 Å². The van der Waals surface area contributed by atoms with E-state index < -0.39 is 9.93 Å².